The third-order valence-corrected chi connectivity index (χ3v) is 4.36. The Balaban J connectivity index is 1.92. The van der Waals surface area contributed by atoms with Crippen LogP contribution in [-0.2, 0) is 9.59 Å². The van der Waals surface area contributed by atoms with Gasteiger partial charge in [0.05, 0.1) is 0 Å². The Hall–Kier alpha value is -2.16. The molecule has 2 amide bonds. The van der Waals surface area contributed by atoms with Crippen molar-refractivity contribution in [1.29, 1.82) is 0 Å². The molecule has 3 heteroatoms. The summed E-state index contributed by atoms with van der Waals surface area (Å²) >= 11 is 0. The van der Waals surface area contributed by atoms with Crippen molar-refractivity contribution in [1.82, 2.24) is 4.90 Å². The molecule has 148 valence electrons. The Bertz CT molecular complexity index is 549. The van der Waals surface area contributed by atoms with E-state index in [1.807, 2.05) is 0 Å². The van der Waals surface area contributed by atoms with E-state index < -0.39 is 0 Å². The third-order valence-electron chi connectivity index (χ3n) is 4.36. The lowest BCUT2D eigenvalue weighted by Crippen LogP contribution is -2.30. The quantitative estimate of drug-likeness (QED) is 0.200. The molecule has 0 saturated carbocycles. The molecule has 0 aromatic rings. The molecule has 0 aromatic heterocycles. The topological polar surface area (TPSA) is 37.4 Å². The minimum absolute atomic E-state index is 0.183. The number of allylic oxidation sites excluding steroid dienone is 8. The van der Waals surface area contributed by atoms with Crippen molar-refractivity contribution in [2.75, 3.05) is 6.54 Å². The van der Waals surface area contributed by atoms with Crippen molar-refractivity contribution < 1.29 is 9.59 Å². The van der Waals surface area contributed by atoms with E-state index in [-0.39, 0.29) is 11.8 Å². The van der Waals surface area contributed by atoms with E-state index in [9.17, 15) is 9.59 Å². The van der Waals surface area contributed by atoms with Gasteiger partial charge in [-0.2, -0.15) is 0 Å². The van der Waals surface area contributed by atoms with E-state index in [1.165, 1.54) is 42.7 Å². The normalized spacial score (nSPS) is 15.1. The smallest absolute Gasteiger partial charge is 0.253 e. The Morgan fingerprint density at radius 2 is 1.11 bits per heavy atom. The molecular formula is C24H35NO2. The number of amides is 2. The molecular weight excluding hydrogens is 334 g/mol. The fourth-order valence-electron chi connectivity index (χ4n) is 2.74. The Labute approximate surface area is 165 Å². The van der Waals surface area contributed by atoms with E-state index in [2.05, 4.69) is 55.5 Å². The Kier molecular flexibility index (Phi) is 13.6. The third kappa shape index (κ3) is 12.0. The van der Waals surface area contributed by atoms with Gasteiger partial charge in [0.15, 0.2) is 0 Å². The Morgan fingerprint density at radius 1 is 0.667 bits per heavy atom. The van der Waals surface area contributed by atoms with Gasteiger partial charge in [-0.3, -0.25) is 14.5 Å². The molecule has 0 aliphatic carbocycles. The highest BCUT2D eigenvalue weighted by Crippen LogP contribution is 2.07. The van der Waals surface area contributed by atoms with Crippen molar-refractivity contribution in [3.63, 3.8) is 0 Å². The number of hydrogen-bond donors (Lipinski definition) is 0. The first-order chi connectivity index (χ1) is 13.3. The van der Waals surface area contributed by atoms with Gasteiger partial charge in [0, 0.05) is 18.7 Å². The maximum atomic E-state index is 11.4. The lowest BCUT2D eigenvalue weighted by atomic mass is 10.2. The maximum Gasteiger partial charge on any atom is 0.253 e. The lowest BCUT2D eigenvalue weighted by Gasteiger charge is -2.12. The van der Waals surface area contributed by atoms with Gasteiger partial charge in [-0.15, -0.1) is 0 Å². The van der Waals surface area contributed by atoms with Gasteiger partial charge in [0.25, 0.3) is 11.8 Å². The first kappa shape index (κ1) is 22.9. The van der Waals surface area contributed by atoms with Crippen LogP contribution in [0.25, 0.3) is 0 Å². The highest BCUT2D eigenvalue weighted by atomic mass is 16.2. The van der Waals surface area contributed by atoms with E-state index in [1.54, 1.807) is 0 Å². The minimum atomic E-state index is -0.183. The summed E-state index contributed by atoms with van der Waals surface area (Å²) in [6.07, 6.45) is 31.4. The molecule has 0 spiro atoms. The van der Waals surface area contributed by atoms with Crippen LogP contribution in [0.2, 0.25) is 0 Å². The number of unbranched alkanes of at least 4 members (excludes halogenated alkanes) is 5. The molecule has 0 radical (unpaired) electrons. The first-order valence-corrected chi connectivity index (χ1v) is 10.4. The number of hydrogen-bond acceptors (Lipinski definition) is 2. The molecule has 1 aliphatic rings. The van der Waals surface area contributed by atoms with Crippen molar-refractivity contribution in [2.24, 2.45) is 0 Å². The number of nitrogens with zero attached hydrogens (tertiary/aromatic N) is 1. The van der Waals surface area contributed by atoms with Gasteiger partial charge < -0.3 is 0 Å². The molecule has 0 unspecified atom stereocenters. The van der Waals surface area contributed by atoms with Crippen LogP contribution in [0.5, 0.6) is 0 Å². The van der Waals surface area contributed by atoms with Gasteiger partial charge in [0.1, 0.15) is 0 Å². The SMILES string of the molecule is CCCCCC=CCC=CCC=CCC=CCCCCN1C(=O)C=CC1=O. The molecule has 0 saturated heterocycles. The standard InChI is InChI=1S/C24H35NO2/c1-2-3-4-5-6-7-8-9-10-11-12-13-14-15-16-17-18-19-22-25-23(26)20-21-24(25)27/h6-7,9-10,12-13,15-16,20-21H,2-5,8,11,14,17-19,22H2,1H3. The zero-order chi connectivity index (χ0) is 19.6. The second kappa shape index (κ2) is 16.0. The summed E-state index contributed by atoms with van der Waals surface area (Å²) in [4.78, 5) is 24.1. The summed E-state index contributed by atoms with van der Waals surface area (Å²) in [6, 6.07) is 0. The largest absolute Gasteiger partial charge is 0.275 e. The fourth-order valence-corrected chi connectivity index (χ4v) is 2.74. The van der Waals surface area contributed by atoms with Crippen LogP contribution in [0, 0.1) is 0 Å². The van der Waals surface area contributed by atoms with Crippen LogP contribution in [0.15, 0.2) is 60.8 Å². The number of carbonyl (C=O) groups is 2. The molecule has 0 aromatic carbocycles. The molecule has 1 heterocycles. The van der Waals surface area contributed by atoms with Crippen LogP contribution in [0.4, 0.5) is 0 Å². The number of imide groups is 1. The number of rotatable bonds is 15. The summed E-state index contributed by atoms with van der Waals surface area (Å²) in [5, 5.41) is 0. The van der Waals surface area contributed by atoms with E-state index in [0.29, 0.717) is 6.54 Å². The molecule has 1 aliphatic heterocycles. The predicted molar refractivity (Wildman–Crippen MR) is 114 cm³/mol. The van der Waals surface area contributed by atoms with Gasteiger partial charge in [0.2, 0.25) is 0 Å². The van der Waals surface area contributed by atoms with Gasteiger partial charge in [-0.25, -0.2) is 0 Å². The van der Waals surface area contributed by atoms with Gasteiger partial charge in [-0.05, 0) is 51.4 Å². The van der Waals surface area contributed by atoms with Crippen molar-refractivity contribution in [2.45, 2.75) is 71.1 Å². The second-order valence-electron chi connectivity index (χ2n) is 6.75. The van der Waals surface area contributed by atoms with Crippen LogP contribution in [0.3, 0.4) is 0 Å². The Morgan fingerprint density at radius 3 is 1.59 bits per heavy atom. The predicted octanol–water partition coefficient (Wildman–Crippen LogP) is 6.06. The fraction of sp³-hybridized carbons (Fsp3) is 0.500. The molecule has 1 rings (SSSR count). The van der Waals surface area contributed by atoms with Crippen LogP contribution in [-0.4, -0.2) is 23.3 Å². The summed E-state index contributed by atoms with van der Waals surface area (Å²) in [5.74, 6) is -0.365. The number of carbonyl (C=O) groups excluding carboxylic acids is 2. The van der Waals surface area contributed by atoms with Crippen molar-refractivity contribution in [3.05, 3.63) is 60.8 Å². The van der Waals surface area contributed by atoms with Gasteiger partial charge >= 0.3 is 0 Å². The van der Waals surface area contributed by atoms with E-state index in [0.717, 1.165) is 38.5 Å². The highest BCUT2D eigenvalue weighted by Gasteiger charge is 2.21. The van der Waals surface area contributed by atoms with E-state index in [4.69, 9.17) is 0 Å². The molecule has 0 N–H and O–H groups in total. The molecule has 0 bridgehead atoms. The summed E-state index contributed by atoms with van der Waals surface area (Å²) in [7, 11) is 0. The average molecular weight is 370 g/mol. The first-order valence-electron chi connectivity index (χ1n) is 10.4. The molecule has 27 heavy (non-hydrogen) atoms. The monoisotopic (exact) mass is 369 g/mol. The van der Waals surface area contributed by atoms with Crippen molar-refractivity contribution >= 4 is 11.8 Å². The van der Waals surface area contributed by atoms with Crippen LogP contribution < -0.4 is 0 Å². The second-order valence-corrected chi connectivity index (χ2v) is 6.75. The van der Waals surface area contributed by atoms with Crippen molar-refractivity contribution in [3.8, 4) is 0 Å². The van der Waals surface area contributed by atoms with Gasteiger partial charge in [-0.1, -0.05) is 68.4 Å². The lowest BCUT2D eigenvalue weighted by molar-refractivity contribution is -0.136. The maximum absolute atomic E-state index is 11.4. The van der Waals surface area contributed by atoms with Crippen LogP contribution >= 0.6 is 0 Å². The van der Waals surface area contributed by atoms with E-state index >= 15 is 0 Å². The molecule has 0 atom stereocenters. The average Bonchev–Trinajstić information content (AvgIpc) is 2.99. The highest BCUT2D eigenvalue weighted by molar-refractivity contribution is 6.12. The summed E-state index contributed by atoms with van der Waals surface area (Å²) in [5.41, 5.74) is 0. The van der Waals surface area contributed by atoms with Crippen LogP contribution in [0.1, 0.15) is 71.1 Å². The summed E-state index contributed by atoms with van der Waals surface area (Å²) in [6.45, 7) is 2.76. The molecule has 3 nitrogen and oxygen atoms in total. The molecule has 0 fully saturated rings. The minimum Gasteiger partial charge on any atom is -0.275 e. The zero-order valence-electron chi connectivity index (χ0n) is 16.8. The zero-order valence-corrected chi connectivity index (χ0v) is 16.8. The summed E-state index contributed by atoms with van der Waals surface area (Å²) < 4.78 is 0.